The Kier molecular flexibility index (Phi) is 6.64. The fourth-order valence-corrected chi connectivity index (χ4v) is 3.34. The van der Waals surface area contributed by atoms with Gasteiger partial charge in [-0.1, -0.05) is 19.9 Å². The van der Waals surface area contributed by atoms with E-state index in [1.807, 2.05) is 32.9 Å². The molecule has 1 aliphatic heterocycles. The average Bonchev–Trinajstić information content (AvgIpc) is 3.05. The molecule has 1 unspecified atom stereocenters. The van der Waals surface area contributed by atoms with Crippen LogP contribution in [0.2, 0.25) is 0 Å². The first-order chi connectivity index (χ1) is 11.8. The number of hydrogen-bond acceptors (Lipinski definition) is 4. The first-order valence-electron chi connectivity index (χ1n) is 9.18. The highest BCUT2D eigenvalue weighted by Crippen LogP contribution is 2.23. The first-order valence-corrected chi connectivity index (χ1v) is 9.18. The van der Waals surface area contributed by atoms with Crippen LogP contribution in [-0.2, 0) is 6.54 Å². The molecule has 25 heavy (non-hydrogen) atoms. The summed E-state index contributed by atoms with van der Waals surface area (Å²) in [5.74, 6) is 0.993. The van der Waals surface area contributed by atoms with Crippen LogP contribution in [0.4, 0.5) is 10.6 Å². The Labute approximate surface area is 151 Å². The van der Waals surface area contributed by atoms with Crippen molar-refractivity contribution in [2.45, 2.75) is 59.6 Å². The quantitative estimate of drug-likeness (QED) is 0.708. The molecule has 6 nitrogen and oxygen atoms in total. The summed E-state index contributed by atoms with van der Waals surface area (Å²) in [4.78, 5) is 19.1. The molecule has 140 valence electrons. The van der Waals surface area contributed by atoms with Gasteiger partial charge in [0.25, 0.3) is 0 Å². The molecule has 2 amide bonds. The van der Waals surface area contributed by atoms with Gasteiger partial charge >= 0.3 is 6.03 Å². The van der Waals surface area contributed by atoms with Crippen LogP contribution in [0.25, 0.3) is 0 Å². The number of urea groups is 1. The second kappa shape index (κ2) is 8.52. The van der Waals surface area contributed by atoms with Gasteiger partial charge in [-0.25, -0.2) is 9.78 Å². The standard InChI is InChI=1S/C19H32N4O2/c1-14-7-8-16(17(22-14)23-9-5-6-10-23)12-20-18(25)21-13-19(3,4)11-15(2)24/h7-8,15,24H,5-6,9-13H2,1-4H3,(H2,20,21,25). The van der Waals surface area contributed by atoms with E-state index in [1.165, 1.54) is 12.8 Å². The van der Waals surface area contributed by atoms with Crippen LogP contribution in [0.1, 0.15) is 51.3 Å². The summed E-state index contributed by atoms with van der Waals surface area (Å²) in [6.07, 6.45) is 2.67. The van der Waals surface area contributed by atoms with Crippen molar-refractivity contribution in [3.63, 3.8) is 0 Å². The van der Waals surface area contributed by atoms with E-state index >= 15 is 0 Å². The molecular weight excluding hydrogens is 316 g/mol. The van der Waals surface area contributed by atoms with E-state index in [-0.39, 0.29) is 17.6 Å². The molecule has 1 aliphatic rings. The minimum atomic E-state index is -0.374. The number of carbonyl (C=O) groups is 1. The number of aliphatic hydroxyl groups excluding tert-OH is 1. The third-order valence-corrected chi connectivity index (χ3v) is 4.52. The summed E-state index contributed by atoms with van der Waals surface area (Å²) < 4.78 is 0. The monoisotopic (exact) mass is 348 g/mol. The predicted octanol–water partition coefficient (Wildman–Crippen LogP) is 2.59. The van der Waals surface area contributed by atoms with Gasteiger partial charge in [0.05, 0.1) is 6.10 Å². The number of aromatic nitrogens is 1. The Morgan fingerprint density at radius 1 is 1.32 bits per heavy atom. The largest absolute Gasteiger partial charge is 0.393 e. The van der Waals surface area contributed by atoms with Crippen LogP contribution >= 0.6 is 0 Å². The van der Waals surface area contributed by atoms with E-state index in [4.69, 9.17) is 0 Å². The first kappa shape index (κ1) is 19.5. The van der Waals surface area contributed by atoms with E-state index in [0.29, 0.717) is 19.5 Å². The Morgan fingerprint density at radius 2 is 2.00 bits per heavy atom. The number of rotatable bonds is 7. The Morgan fingerprint density at radius 3 is 2.64 bits per heavy atom. The van der Waals surface area contributed by atoms with E-state index in [9.17, 15) is 9.90 Å². The number of aliphatic hydroxyl groups is 1. The summed E-state index contributed by atoms with van der Waals surface area (Å²) in [5.41, 5.74) is 1.90. The maximum absolute atomic E-state index is 12.1. The summed E-state index contributed by atoms with van der Waals surface area (Å²) in [6.45, 7) is 10.9. The van der Waals surface area contributed by atoms with Gasteiger partial charge in [0.2, 0.25) is 0 Å². The molecule has 1 atom stereocenters. The third kappa shape index (κ3) is 6.20. The molecule has 0 spiro atoms. The smallest absolute Gasteiger partial charge is 0.315 e. The van der Waals surface area contributed by atoms with Gasteiger partial charge in [0, 0.05) is 37.4 Å². The predicted molar refractivity (Wildman–Crippen MR) is 101 cm³/mol. The summed E-state index contributed by atoms with van der Waals surface area (Å²) in [6, 6.07) is 3.85. The lowest BCUT2D eigenvalue weighted by Crippen LogP contribution is -2.41. The Balaban J connectivity index is 1.89. The molecule has 0 aliphatic carbocycles. The summed E-state index contributed by atoms with van der Waals surface area (Å²) >= 11 is 0. The van der Waals surface area contributed by atoms with E-state index in [0.717, 1.165) is 30.2 Å². The molecule has 1 fully saturated rings. The topological polar surface area (TPSA) is 77.5 Å². The van der Waals surface area contributed by atoms with Crippen molar-refractivity contribution < 1.29 is 9.90 Å². The highest BCUT2D eigenvalue weighted by molar-refractivity contribution is 5.74. The fraction of sp³-hybridized carbons (Fsp3) is 0.684. The van der Waals surface area contributed by atoms with Crippen molar-refractivity contribution in [3.8, 4) is 0 Å². The molecule has 0 saturated carbocycles. The number of amides is 2. The third-order valence-electron chi connectivity index (χ3n) is 4.52. The second-order valence-electron chi connectivity index (χ2n) is 7.88. The number of hydrogen-bond donors (Lipinski definition) is 3. The van der Waals surface area contributed by atoms with Crippen LogP contribution in [0, 0.1) is 12.3 Å². The SMILES string of the molecule is Cc1ccc(CNC(=O)NCC(C)(C)CC(C)O)c(N2CCCC2)n1. The zero-order chi connectivity index (χ0) is 18.4. The van der Waals surface area contributed by atoms with Crippen molar-refractivity contribution in [3.05, 3.63) is 23.4 Å². The number of nitrogens with zero attached hydrogens (tertiary/aromatic N) is 2. The van der Waals surface area contributed by atoms with Gasteiger partial charge in [-0.15, -0.1) is 0 Å². The minimum absolute atomic E-state index is 0.141. The van der Waals surface area contributed by atoms with Crippen molar-refractivity contribution in [1.29, 1.82) is 0 Å². The van der Waals surface area contributed by atoms with Crippen molar-refractivity contribution in [1.82, 2.24) is 15.6 Å². The maximum atomic E-state index is 12.1. The minimum Gasteiger partial charge on any atom is -0.393 e. The summed E-state index contributed by atoms with van der Waals surface area (Å²) in [5, 5.41) is 15.4. The molecular formula is C19H32N4O2. The lowest BCUT2D eigenvalue weighted by molar-refractivity contribution is 0.129. The highest BCUT2D eigenvalue weighted by atomic mass is 16.3. The average molecular weight is 348 g/mol. The second-order valence-corrected chi connectivity index (χ2v) is 7.88. The molecule has 2 rings (SSSR count). The Hall–Kier alpha value is -1.82. The van der Waals surface area contributed by atoms with Gasteiger partial charge in [0.1, 0.15) is 5.82 Å². The van der Waals surface area contributed by atoms with Crippen LogP contribution in [0.3, 0.4) is 0 Å². The van der Waals surface area contributed by atoms with Gasteiger partial charge in [0.15, 0.2) is 0 Å². The van der Waals surface area contributed by atoms with Crippen molar-refractivity contribution >= 4 is 11.8 Å². The zero-order valence-electron chi connectivity index (χ0n) is 15.9. The molecule has 1 aromatic heterocycles. The molecule has 0 radical (unpaired) electrons. The zero-order valence-corrected chi connectivity index (χ0v) is 15.9. The molecule has 0 aromatic carbocycles. The number of carbonyl (C=O) groups excluding carboxylic acids is 1. The maximum Gasteiger partial charge on any atom is 0.315 e. The molecule has 6 heteroatoms. The van der Waals surface area contributed by atoms with E-state index in [1.54, 1.807) is 6.92 Å². The number of pyridine rings is 1. The number of nitrogens with one attached hydrogen (secondary N) is 2. The Bertz CT molecular complexity index is 581. The lowest BCUT2D eigenvalue weighted by atomic mass is 9.87. The van der Waals surface area contributed by atoms with Crippen LogP contribution in [0.15, 0.2) is 12.1 Å². The van der Waals surface area contributed by atoms with Crippen LogP contribution in [-0.4, -0.2) is 41.9 Å². The van der Waals surface area contributed by atoms with Gasteiger partial charge < -0.3 is 20.6 Å². The van der Waals surface area contributed by atoms with E-state index in [2.05, 4.69) is 20.5 Å². The van der Waals surface area contributed by atoms with Crippen LogP contribution < -0.4 is 15.5 Å². The van der Waals surface area contributed by atoms with Crippen molar-refractivity contribution in [2.75, 3.05) is 24.5 Å². The number of aryl methyl sites for hydroxylation is 1. The fourth-order valence-electron chi connectivity index (χ4n) is 3.34. The molecule has 1 saturated heterocycles. The molecule has 3 N–H and O–H groups in total. The van der Waals surface area contributed by atoms with Gasteiger partial charge in [-0.3, -0.25) is 0 Å². The summed E-state index contributed by atoms with van der Waals surface area (Å²) in [7, 11) is 0. The van der Waals surface area contributed by atoms with Gasteiger partial charge in [-0.05, 0) is 44.6 Å². The molecule has 2 heterocycles. The number of anilines is 1. The normalized spacial score (nSPS) is 16.0. The lowest BCUT2D eigenvalue weighted by Gasteiger charge is -2.26. The molecule has 0 bridgehead atoms. The highest BCUT2D eigenvalue weighted by Gasteiger charge is 2.21. The van der Waals surface area contributed by atoms with Crippen LogP contribution in [0.5, 0.6) is 0 Å². The van der Waals surface area contributed by atoms with Crippen molar-refractivity contribution in [2.24, 2.45) is 5.41 Å². The molecule has 1 aromatic rings. The van der Waals surface area contributed by atoms with E-state index < -0.39 is 0 Å². The van der Waals surface area contributed by atoms with Gasteiger partial charge in [-0.2, -0.15) is 0 Å².